The molecule has 3 rings (SSSR count). The highest BCUT2D eigenvalue weighted by Crippen LogP contribution is 2.37. The first kappa shape index (κ1) is 8.96. The maximum Gasteiger partial charge on any atom is 0.279 e. The molecule has 0 aliphatic heterocycles. The molecule has 76 valence electrons. The summed E-state index contributed by atoms with van der Waals surface area (Å²) in [6, 6.07) is 0. The minimum atomic E-state index is -0.212. The maximum atomic E-state index is 11.7. The lowest BCUT2D eigenvalue weighted by Crippen LogP contribution is -2.13. The van der Waals surface area contributed by atoms with Gasteiger partial charge >= 0.3 is 0 Å². The fourth-order valence-electron chi connectivity index (χ4n) is 1.46. The van der Waals surface area contributed by atoms with E-state index in [0.717, 1.165) is 18.7 Å². The molecule has 2 aromatic rings. The number of hydrogen-bond donors (Lipinski definition) is 1. The monoisotopic (exact) mass is 266 g/mol. The topological polar surface area (TPSA) is 71.5 Å². The second kappa shape index (κ2) is 3.10. The Balaban J connectivity index is 2.31. The molecule has 0 aromatic carbocycles. The van der Waals surface area contributed by atoms with Crippen molar-refractivity contribution in [1.29, 1.82) is 0 Å². The zero-order valence-corrected chi connectivity index (χ0v) is 9.28. The van der Waals surface area contributed by atoms with E-state index in [0.29, 0.717) is 16.2 Å². The van der Waals surface area contributed by atoms with Crippen LogP contribution < -0.4 is 5.56 Å². The predicted octanol–water partition coefficient (Wildman–Crippen LogP) is 1.35. The molecule has 1 aliphatic carbocycles. The van der Waals surface area contributed by atoms with Crippen LogP contribution in [0.15, 0.2) is 15.6 Å². The van der Waals surface area contributed by atoms with Gasteiger partial charge in [0.15, 0.2) is 11.2 Å². The molecule has 5 nitrogen and oxygen atoms in total. The summed E-state index contributed by atoms with van der Waals surface area (Å²) in [7, 11) is 0. The van der Waals surface area contributed by atoms with Crippen LogP contribution in [0.5, 0.6) is 0 Å². The highest BCUT2D eigenvalue weighted by molar-refractivity contribution is 9.10. The van der Waals surface area contributed by atoms with Crippen LogP contribution in [0, 0.1) is 0 Å². The van der Waals surface area contributed by atoms with Gasteiger partial charge in [0.05, 0.1) is 6.20 Å². The van der Waals surface area contributed by atoms with Gasteiger partial charge in [-0.15, -0.1) is 0 Å². The van der Waals surface area contributed by atoms with Crippen molar-refractivity contribution in [2.24, 2.45) is 0 Å². The van der Waals surface area contributed by atoms with Crippen LogP contribution >= 0.6 is 15.9 Å². The number of aromatic nitrogens is 4. The lowest BCUT2D eigenvalue weighted by Gasteiger charge is -1.99. The van der Waals surface area contributed by atoms with Crippen LogP contribution in [0.2, 0.25) is 0 Å². The predicted molar refractivity (Wildman–Crippen MR) is 57.6 cm³/mol. The molecular weight excluding hydrogens is 260 g/mol. The molecular formula is C9H7BrN4O. The van der Waals surface area contributed by atoms with Crippen LogP contribution in [-0.2, 0) is 0 Å². The van der Waals surface area contributed by atoms with Crippen LogP contribution in [0.3, 0.4) is 0 Å². The Bertz CT molecular complexity index is 590. The van der Waals surface area contributed by atoms with Crippen LogP contribution in [0.4, 0.5) is 0 Å². The standard InChI is InChI=1S/C9H7BrN4O/c10-5-3-11-8-6(12-5)9(15)14-7(13-8)4-1-2-4/h3-4H,1-2H2,(H,11,13,14,15). The van der Waals surface area contributed by atoms with Gasteiger partial charge in [-0.2, -0.15) is 0 Å². The molecule has 0 saturated heterocycles. The SMILES string of the molecule is O=c1[nH]c(C2CC2)nc2ncc(Br)nc12. The van der Waals surface area contributed by atoms with Crippen molar-refractivity contribution < 1.29 is 0 Å². The molecule has 0 radical (unpaired) electrons. The molecule has 0 spiro atoms. The average molecular weight is 267 g/mol. The van der Waals surface area contributed by atoms with Crippen LogP contribution in [0.1, 0.15) is 24.6 Å². The summed E-state index contributed by atoms with van der Waals surface area (Å²) >= 11 is 3.17. The summed E-state index contributed by atoms with van der Waals surface area (Å²) in [6.07, 6.45) is 3.74. The zero-order chi connectivity index (χ0) is 10.4. The molecule has 0 amide bonds. The van der Waals surface area contributed by atoms with Gasteiger partial charge in [-0.25, -0.2) is 15.0 Å². The largest absolute Gasteiger partial charge is 0.308 e. The van der Waals surface area contributed by atoms with Crippen molar-refractivity contribution in [3.63, 3.8) is 0 Å². The number of nitrogens with one attached hydrogen (secondary N) is 1. The first-order valence-electron chi connectivity index (χ1n) is 4.66. The summed E-state index contributed by atoms with van der Waals surface area (Å²) in [5, 5.41) is 0. The number of halogens is 1. The Hall–Kier alpha value is -1.30. The highest BCUT2D eigenvalue weighted by atomic mass is 79.9. The second-order valence-electron chi connectivity index (χ2n) is 3.59. The Morgan fingerprint density at radius 2 is 2.20 bits per heavy atom. The van der Waals surface area contributed by atoms with E-state index in [4.69, 9.17) is 0 Å². The number of hydrogen-bond acceptors (Lipinski definition) is 4. The normalized spacial score (nSPS) is 15.8. The smallest absolute Gasteiger partial charge is 0.279 e. The van der Waals surface area contributed by atoms with E-state index in [9.17, 15) is 4.79 Å². The summed E-state index contributed by atoms with van der Waals surface area (Å²) in [4.78, 5) is 26.8. The summed E-state index contributed by atoms with van der Waals surface area (Å²) in [5.74, 6) is 1.15. The molecule has 6 heteroatoms. The van der Waals surface area contributed by atoms with E-state index in [1.165, 1.54) is 0 Å². The van der Waals surface area contributed by atoms with Gasteiger partial charge < -0.3 is 4.98 Å². The van der Waals surface area contributed by atoms with Crippen molar-refractivity contribution in [2.45, 2.75) is 18.8 Å². The Labute approximate surface area is 93.1 Å². The number of fused-ring (bicyclic) bond motifs is 1. The molecule has 0 unspecified atom stereocenters. The van der Waals surface area contributed by atoms with E-state index >= 15 is 0 Å². The fourth-order valence-corrected chi connectivity index (χ4v) is 1.74. The van der Waals surface area contributed by atoms with E-state index in [-0.39, 0.29) is 11.1 Å². The molecule has 0 atom stereocenters. The molecule has 1 N–H and O–H groups in total. The summed E-state index contributed by atoms with van der Waals surface area (Å²) < 4.78 is 0.543. The molecule has 1 fully saturated rings. The second-order valence-corrected chi connectivity index (χ2v) is 4.40. The van der Waals surface area contributed by atoms with Crippen LogP contribution in [0.25, 0.3) is 11.2 Å². The van der Waals surface area contributed by atoms with Gasteiger partial charge in [0, 0.05) is 5.92 Å². The lowest BCUT2D eigenvalue weighted by molar-refractivity contribution is 0.917. The van der Waals surface area contributed by atoms with Gasteiger partial charge in [-0.05, 0) is 28.8 Å². The summed E-state index contributed by atoms with van der Waals surface area (Å²) in [6.45, 7) is 0. The Morgan fingerprint density at radius 1 is 1.40 bits per heavy atom. The van der Waals surface area contributed by atoms with Crippen molar-refractivity contribution in [3.8, 4) is 0 Å². The number of aromatic amines is 1. The minimum absolute atomic E-state index is 0.212. The first-order chi connectivity index (χ1) is 7.24. The molecule has 2 aromatic heterocycles. The highest BCUT2D eigenvalue weighted by Gasteiger charge is 2.26. The van der Waals surface area contributed by atoms with E-state index in [1.807, 2.05) is 0 Å². The fraction of sp³-hybridized carbons (Fsp3) is 0.333. The van der Waals surface area contributed by atoms with E-state index in [2.05, 4.69) is 35.9 Å². The Morgan fingerprint density at radius 3 is 2.93 bits per heavy atom. The first-order valence-corrected chi connectivity index (χ1v) is 5.46. The van der Waals surface area contributed by atoms with Crippen molar-refractivity contribution >= 4 is 27.1 Å². The van der Waals surface area contributed by atoms with Gasteiger partial charge in [-0.3, -0.25) is 4.79 Å². The lowest BCUT2D eigenvalue weighted by atomic mass is 10.4. The van der Waals surface area contributed by atoms with Crippen molar-refractivity contribution in [2.75, 3.05) is 0 Å². The third kappa shape index (κ3) is 1.54. The van der Waals surface area contributed by atoms with Gasteiger partial charge in [0.1, 0.15) is 10.4 Å². The van der Waals surface area contributed by atoms with Crippen molar-refractivity contribution in [3.05, 3.63) is 27.0 Å². The van der Waals surface area contributed by atoms with Gasteiger partial charge in [0.25, 0.3) is 5.56 Å². The number of H-pyrrole nitrogens is 1. The maximum absolute atomic E-state index is 11.7. The molecule has 15 heavy (non-hydrogen) atoms. The molecule has 2 heterocycles. The third-order valence-electron chi connectivity index (χ3n) is 2.37. The number of rotatable bonds is 1. The van der Waals surface area contributed by atoms with E-state index in [1.54, 1.807) is 6.20 Å². The quantitative estimate of drug-likeness (QED) is 0.846. The minimum Gasteiger partial charge on any atom is -0.308 e. The van der Waals surface area contributed by atoms with Crippen LogP contribution in [-0.4, -0.2) is 19.9 Å². The van der Waals surface area contributed by atoms with E-state index < -0.39 is 0 Å². The average Bonchev–Trinajstić information content (AvgIpc) is 3.02. The molecule has 1 saturated carbocycles. The third-order valence-corrected chi connectivity index (χ3v) is 2.75. The van der Waals surface area contributed by atoms with Gasteiger partial charge in [0.2, 0.25) is 0 Å². The van der Waals surface area contributed by atoms with Crippen molar-refractivity contribution in [1.82, 2.24) is 19.9 Å². The molecule has 1 aliphatic rings. The summed E-state index contributed by atoms with van der Waals surface area (Å²) in [5.41, 5.74) is 0.494. The number of nitrogens with zero attached hydrogens (tertiary/aromatic N) is 3. The Kier molecular flexibility index (Phi) is 1.85. The van der Waals surface area contributed by atoms with Gasteiger partial charge in [-0.1, -0.05) is 0 Å². The zero-order valence-electron chi connectivity index (χ0n) is 7.70. The molecule has 0 bridgehead atoms.